The fraction of sp³-hybridized carbons (Fsp3) is 0.273. The number of hydrogen-bond acceptors (Lipinski definition) is 2. The summed E-state index contributed by atoms with van der Waals surface area (Å²) in [6, 6.07) is 4.39. The van der Waals surface area contributed by atoms with Gasteiger partial charge in [0.2, 0.25) is 5.28 Å². The van der Waals surface area contributed by atoms with Crippen LogP contribution in [-0.4, -0.2) is 14.8 Å². The first-order valence-corrected chi connectivity index (χ1v) is 5.82. The normalized spacial score (nSPS) is 11.2. The molecule has 1 heterocycles. The first-order chi connectivity index (χ1) is 8.00. The lowest BCUT2D eigenvalue weighted by atomic mass is 10.2. The molecular weight excluding hydrogens is 264 g/mol. The Labute approximate surface area is 108 Å². The second-order valence-corrected chi connectivity index (χ2v) is 4.69. The third kappa shape index (κ3) is 2.28. The molecule has 0 saturated heterocycles. The monoisotopic (exact) mass is 273 g/mol. The first kappa shape index (κ1) is 12.3. The van der Waals surface area contributed by atoms with E-state index < -0.39 is 5.82 Å². The van der Waals surface area contributed by atoms with Gasteiger partial charge in [-0.05, 0) is 29.8 Å². The van der Waals surface area contributed by atoms with Crippen LogP contribution < -0.4 is 0 Å². The van der Waals surface area contributed by atoms with Crippen LogP contribution in [0.5, 0.6) is 0 Å². The van der Waals surface area contributed by atoms with E-state index in [-0.39, 0.29) is 11.2 Å². The standard InChI is InChI=1S/C11H10Cl2FN3/c1-6(2)10-15-16-11(13)17(10)9-4-3-7(12)5-8(9)14/h3-6H,1-2H3. The van der Waals surface area contributed by atoms with Crippen LogP contribution in [0, 0.1) is 5.82 Å². The molecule has 0 spiro atoms. The summed E-state index contributed by atoms with van der Waals surface area (Å²) >= 11 is 11.6. The van der Waals surface area contributed by atoms with Crippen molar-refractivity contribution in [2.24, 2.45) is 0 Å². The lowest BCUT2D eigenvalue weighted by Gasteiger charge is -2.10. The first-order valence-electron chi connectivity index (χ1n) is 5.07. The topological polar surface area (TPSA) is 30.7 Å². The average Bonchev–Trinajstić information content (AvgIpc) is 2.60. The molecule has 0 unspecified atom stereocenters. The zero-order valence-corrected chi connectivity index (χ0v) is 10.8. The predicted molar refractivity (Wildman–Crippen MR) is 65.4 cm³/mol. The van der Waals surface area contributed by atoms with E-state index in [1.165, 1.54) is 10.6 Å². The highest BCUT2D eigenvalue weighted by Gasteiger charge is 2.17. The molecule has 1 aromatic heterocycles. The average molecular weight is 274 g/mol. The minimum Gasteiger partial charge on any atom is -0.267 e. The Balaban J connectivity index is 2.63. The number of halogens is 3. The number of rotatable bonds is 2. The molecule has 17 heavy (non-hydrogen) atoms. The summed E-state index contributed by atoms with van der Waals surface area (Å²) < 4.78 is 15.3. The van der Waals surface area contributed by atoms with Crippen LogP contribution in [0.3, 0.4) is 0 Å². The van der Waals surface area contributed by atoms with Gasteiger partial charge < -0.3 is 0 Å². The van der Waals surface area contributed by atoms with Crippen molar-refractivity contribution in [3.05, 3.63) is 40.1 Å². The van der Waals surface area contributed by atoms with Crippen molar-refractivity contribution < 1.29 is 4.39 Å². The Morgan fingerprint density at radius 2 is 1.94 bits per heavy atom. The Morgan fingerprint density at radius 1 is 1.24 bits per heavy atom. The largest absolute Gasteiger partial charge is 0.267 e. The third-order valence-electron chi connectivity index (χ3n) is 2.32. The number of benzene rings is 1. The maximum absolute atomic E-state index is 13.8. The molecule has 0 N–H and O–H groups in total. The molecule has 90 valence electrons. The van der Waals surface area contributed by atoms with E-state index in [1.54, 1.807) is 12.1 Å². The smallest absolute Gasteiger partial charge is 0.229 e. The summed E-state index contributed by atoms with van der Waals surface area (Å²) in [7, 11) is 0. The highest BCUT2D eigenvalue weighted by atomic mass is 35.5. The number of aromatic nitrogens is 3. The van der Waals surface area contributed by atoms with Gasteiger partial charge in [0.15, 0.2) is 0 Å². The van der Waals surface area contributed by atoms with E-state index in [4.69, 9.17) is 23.2 Å². The lowest BCUT2D eigenvalue weighted by molar-refractivity contribution is 0.612. The van der Waals surface area contributed by atoms with Gasteiger partial charge >= 0.3 is 0 Å². The van der Waals surface area contributed by atoms with Gasteiger partial charge in [0.25, 0.3) is 0 Å². The van der Waals surface area contributed by atoms with Crippen LogP contribution in [0.1, 0.15) is 25.6 Å². The van der Waals surface area contributed by atoms with Crippen LogP contribution in [0.25, 0.3) is 5.69 Å². The maximum Gasteiger partial charge on any atom is 0.229 e. The van der Waals surface area contributed by atoms with Gasteiger partial charge in [-0.15, -0.1) is 10.2 Å². The van der Waals surface area contributed by atoms with Crippen LogP contribution in [0.4, 0.5) is 4.39 Å². The Kier molecular flexibility index (Phi) is 3.35. The molecular formula is C11H10Cl2FN3. The van der Waals surface area contributed by atoms with Crippen molar-refractivity contribution in [2.45, 2.75) is 19.8 Å². The highest BCUT2D eigenvalue weighted by molar-refractivity contribution is 6.30. The fourth-order valence-electron chi connectivity index (χ4n) is 1.54. The van der Waals surface area contributed by atoms with E-state index in [1.807, 2.05) is 13.8 Å². The summed E-state index contributed by atoms with van der Waals surface area (Å²) in [5.74, 6) is 0.238. The molecule has 0 fully saturated rings. The third-order valence-corrected chi connectivity index (χ3v) is 2.80. The van der Waals surface area contributed by atoms with Crippen molar-refractivity contribution in [2.75, 3.05) is 0 Å². The van der Waals surface area contributed by atoms with E-state index in [2.05, 4.69) is 10.2 Å². The number of nitrogens with zero attached hydrogens (tertiary/aromatic N) is 3. The van der Waals surface area contributed by atoms with Gasteiger partial charge in [-0.2, -0.15) is 0 Å². The summed E-state index contributed by atoms with van der Waals surface area (Å²) in [6.45, 7) is 3.87. The highest BCUT2D eigenvalue weighted by Crippen LogP contribution is 2.25. The van der Waals surface area contributed by atoms with Crippen LogP contribution >= 0.6 is 23.2 Å². The van der Waals surface area contributed by atoms with Gasteiger partial charge in [0, 0.05) is 10.9 Å². The number of hydrogen-bond donors (Lipinski definition) is 0. The Bertz CT molecular complexity index is 552. The molecule has 0 aliphatic heterocycles. The SMILES string of the molecule is CC(C)c1nnc(Cl)n1-c1ccc(Cl)cc1F. The molecule has 0 radical (unpaired) electrons. The molecule has 1 aromatic carbocycles. The lowest BCUT2D eigenvalue weighted by Crippen LogP contribution is -2.05. The zero-order chi connectivity index (χ0) is 12.6. The van der Waals surface area contributed by atoms with Gasteiger partial charge in [-0.25, -0.2) is 4.39 Å². The molecule has 0 bridgehead atoms. The fourth-order valence-corrected chi connectivity index (χ4v) is 1.91. The van der Waals surface area contributed by atoms with Crippen molar-refractivity contribution in [3.63, 3.8) is 0 Å². The molecule has 2 aromatic rings. The minimum atomic E-state index is -0.457. The van der Waals surface area contributed by atoms with Gasteiger partial charge in [-0.3, -0.25) is 4.57 Å². The summed E-state index contributed by atoms with van der Waals surface area (Å²) in [6.07, 6.45) is 0. The summed E-state index contributed by atoms with van der Waals surface area (Å²) in [4.78, 5) is 0. The Morgan fingerprint density at radius 3 is 2.53 bits per heavy atom. The molecule has 0 aliphatic rings. The van der Waals surface area contributed by atoms with Crippen molar-refractivity contribution in [1.82, 2.24) is 14.8 Å². The quantitative estimate of drug-likeness (QED) is 0.833. The predicted octanol–water partition coefficient (Wildman–Crippen LogP) is 3.84. The van der Waals surface area contributed by atoms with Crippen molar-refractivity contribution >= 4 is 23.2 Å². The van der Waals surface area contributed by atoms with E-state index >= 15 is 0 Å². The van der Waals surface area contributed by atoms with Crippen molar-refractivity contribution in [3.8, 4) is 5.69 Å². The molecule has 0 amide bonds. The second kappa shape index (κ2) is 4.63. The molecule has 2 rings (SSSR count). The second-order valence-electron chi connectivity index (χ2n) is 3.91. The zero-order valence-electron chi connectivity index (χ0n) is 9.28. The van der Waals surface area contributed by atoms with Crippen LogP contribution in [-0.2, 0) is 0 Å². The van der Waals surface area contributed by atoms with Crippen molar-refractivity contribution in [1.29, 1.82) is 0 Å². The van der Waals surface area contributed by atoms with E-state index in [9.17, 15) is 4.39 Å². The summed E-state index contributed by atoms with van der Waals surface area (Å²) in [5, 5.41) is 8.16. The molecule has 6 heteroatoms. The molecule has 0 aliphatic carbocycles. The van der Waals surface area contributed by atoms with Gasteiger partial charge in [0.1, 0.15) is 11.6 Å². The minimum absolute atomic E-state index is 0.0880. The van der Waals surface area contributed by atoms with Crippen LogP contribution in [0.2, 0.25) is 10.3 Å². The van der Waals surface area contributed by atoms with Gasteiger partial charge in [-0.1, -0.05) is 25.4 Å². The van der Waals surface area contributed by atoms with Gasteiger partial charge in [0.05, 0.1) is 5.69 Å². The van der Waals surface area contributed by atoms with E-state index in [0.29, 0.717) is 16.5 Å². The molecule has 0 atom stereocenters. The molecule has 0 saturated carbocycles. The maximum atomic E-state index is 13.8. The molecule has 3 nitrogen and oxygen atoms in total. The van der Waals surface area contributed by atoms with E-state index in [0.717, 1.165) is 0 Å². The summed E-state index contributed by atoms with van der Waals surface area (Å²) in [5.41, 5.74) is 0.299. The van der Waals surface area contributed by atoms with Crippen LogP contribution in [0.15, 0.2) is 18.2 Å². The Hall–Kier alpha value is -1.13.